The maximum absolute atomic E-state index is 13.5. The second-order valence-corrected chi connectivity index (χ2v) is 4.63. The van der Waals surface area contributed by atoms with Crippen LogP contribution in [-0.2, 0) is 0 Å². The summed E-state index contributed by atoms with van der Waals surface area (Å²) in [5.74, 6) is -5.44. The minimum absolute atomic E-state index is 0.0597. The molecule has 2 aromatic rings. The molecule has 0 aliphatic carbocycles. The number of hydrogen-bond donors (Lipinski definition) is 2. The summed E-state index contributed by atoms with van der Waals surface area (Å²) >= 11 is 0. The van der Waals surface area contributed by atoms with Crippen molar-refractivity contribution in [1.82, 2.24) is 0 Å². The second-order valence-electron chi connectivity index (χ2n) is 4.63. The number of rotatable bonds is 2. The molecule has 0 heterocycles. The molecule has 0 saturated heterocycles. The van der Waals surface area contributed by atoms with Gasteiger partial charge in [-0.2, -0.15) is 0 Å². The Morgan fingerprint density at radius 1 is 1.05 bits per heavy atom. The number of phenolic OH excluding ortho intramolecular Hbond substituents is 1. The zero-order valence-electron chi connectivity index (χ0n) is 11.3. The standard InChI is InChI=1S/C15H12F3NO2/c1-7-6-12(20)8(2)5-11(7)19-15(21)9-3-4-10(16)14(18)13(9)17/h3-6,20H,1-2H3,(H,19,21). The number of halogens is 3. The molecule has 110 valence electrons. The van der Waals surface area contributed by atoms with E-state index in [0.717, 1.165) is 6.07 Å². The highest BCUT2D eigenvalue weighted by Crippen LogP contribution is 2.26. The molecule has 2 N–H and O–H groups in total. The number of carbonyl (C=O) groups is 1. The first-order chi connectivity index (χ1) is 9.81. The number of benzene rings is 2. The van der Waals surface area contributed by atoms with Gasteiger partial charge in [-0.3, -0.25) is 4.79 Å². The van der Waals surface area contributed by atoms with Gasteiger partial charge in [-0.25, -0.2) is 13.2 Å². The Morgan fingerprint density at radius 2 is 1.71 bits per heavy atom. The van der Waals surface area contributed by atoms with Crippen LogP contribution >= 0.6 is 0 Å². The SMILES string of the molecule is Cc1cc(NC(=O)c2ccc(F)c(F)c2F)c(C)cc1O. The minimum atomic E-state index is -1.69. The highest BCUT2D eigenvalue weighted by molar-refractivity contribution is 6.05. The molecule has 0 radical (unpaired) electrons. The Labute approximate surface area is 119 Å². The van der Waals surface area contributed by atoms with Crippen molar-refractivity contribution in [3.8, 4) is 5.75 Å². The Kier molecular flexibility index (Phi) is 3.88. The van der Waals surface area contributed by atoms with E-state index >= 15 is 0 Å². The van der Waals surface area contributed by atoms with Crippen LogP contribution in [0, 0.1) is 31.3 Å². The Hall–Kier alpha value is -2.50. The fourth-order valence-electron chi connectivity index (χ4n) is 1.83. The third kappa shape index (κ3) is 2.84. The molecule has 21 heavy (non-hydrogen) atoms. The highest BCUT2D eigenvalue weighted by atomic mass is 19.2. The lowest BCUT2D eigenvalue weighted by molar-refractivity contribution is 0.102. The summed E-state index contributed by atoms with van der Waals surface area (Å²) in [6, 6.07) is 4.49. The number of hydrogen-bond acceptors (Lipinski definition) is 2. The second kappa shape index (κ2) is 5.47. The van der Waals surface area contributed by atoms with Crippen LogP contribution in [0.15, 0.2) is 24.3 Å². The summed E-state index contributed by atoms with van der Waals surface area (Å²) in [7, 11) is 0. The third-order valence-corrected chi connectivity index (χ3v) is 3.07. The van der Waals surface area contributed by atoms with Crippen molar-refractivity contribution in [1.29, 1.82) is 0 Å². The molecular formula is C15H12F3NO2. The molecule has 0 bridgehead atoms. The average Bonchev–Trinajstić information content (AvgIpc) is 2.42. The van der Waals surface area contributed by atoms with Crippen LogP contribution in [0.5, 0.6) is 5.75 Å². The van der Waals surface area contributed by atoms with Gasteiger partial charge in [0.1, 0.15) is 5.75 Å². The monoisotopic (exact) mass is 295 g/mol. The summed E-state index contributed by atoms with van der Waals surface area (Å²) in [4.78, 5) is 11.9. The molecule has 0 fully saturated rings. The van der Waals surface area contributed by atoms with Crippen molar-refractivity contribution in [3.05, 3.63) is 58.4 Å². The molecule has 2 rings (SSSR count). The molecular weight excluding hydrogens is 283 g/mol. The van der Waals surface area contributed by atoms with Gasteiger partial charge in [0.2, 0.25) is 0 Å². The molecule has 0 aromatic heterocycles. The van der Waals surface area contributed by atoms with E-state index < -0.39 is 28.9 Å². The van der Waals surface area contributed by atoms with Crippen LogP contribution in [0.3, 0.4) is 0 Å². The number of aryl methyl sites for hydroxylation is 2. The molecule has 3 nitrogen and oxygen atoms in total. The number of amides is 1. The number of nitrogens with one attached hydrogen (secondary N) is 1. The predicted octanol–water partition coefficient (Wildman–Crippen LogP) is 3.68. The van der Waals surface area contributed by atoms with Gasteiger partial charge in [-0.15, -0.1) is 0 Å². The number of carbonyl (C=O) groups excluding carboxylic acids is 1. The van der Waals surface area contributed by atoms with Crippen LogP contribution in [0.1, 0.15) is 21.5 Å². The molecule has 2 aromatic carbocycles. The summed E-state index contributed by atoms with van der Waals surface area (Å²) in [5.41, 5.74) is 0.814. The topological polar surface area (TPSA) is 49.3 Å². The van der Waals surface area contributed by atoms with Gasteiger partial charge in [0.05, 0.1) is 5.56 Å². The van der Waals surface area contributed by atoms with Crippen LogP contribution < -0.4 is 5.32 Å². The van der Waals surface area contributed by atoms with E-state index in [4.69, 9.17) is 0 Å². The van der Waals surface area contributed by atoms with E-state index in [1.165, 1.54) is 12.1 Å². The lowest BCUT2D eigenvalue weighted by atomic mass is 10.1. The van der Waals surface area contributed by atoms with Gasteiger partial charge in [0, 0.05) is 5.69 Å². The summed E-state index contributed by atoms with van der Waals surface area (Å²) in [6.07, 6.45) is 0. The highest BCUT2D eigenvalue weighted by Gasteiger charge is 2.19. The van der Waals surface area contributed by atoms with E-state index in [9.17, 15) is 23.1 Å². The first-order valence-corrected chi connectivity index (χ1v) is 6.06. The lowest BCUT2D eigenvalue weighted by Crippen LogP contribution is -2.16. The zero-order chi connectivity index (χ0) is 15.7. The fraction of sp³-hybridized carbons (Fsp3) is 0.133. The molecule has 0 aliphatic heterocycles. The van der Waals surface area contributed by atoms with Crippen molar-refractivity contribution in [2.75, 3.05) is 5.32 Å². The Balaban J connectivity index is 2.35. The zero-order valence-corrected chi connectivity index (χ0v) is 11.3. The fourth-order valence-corrected chi connectivity index (χ4v) is 1.83. The van der Waals surface area contributed by atoms with Crippen molar-refractivity contribution >= 4 is 11.6 Å². The minimum Gasteiger partial charge on any atom is -0.508 e. The first kappa shape index (κ1) is 14.9. The van der Waals surface area contributed by atoms with Crippen molar-refractivity contribution in [2.45, 2.75) is 13.8 Å². The Morgan fingerprint density at radius 3 is 2.38 bits per heavy atom. The quantitative estimate of drug-likeness (QED) is 0.656. The maximum Gasteiger partial charge on any atom is 0.258 e. The molecule has 0 spiro atoms. The van der Waals surface area contributed by atoms with Crippen molar-refractivity contribution < 1.29 is 23.1 Å². The predicted molar refractivity (Wildman–Crippen MR) is 71.9 cm³/mol. The van der Waals surface area contributed by atoms with Crippen molar-refractivity contribution in [2.24, 2.45) is 0 Å². The lowest BCUT2D eigenvalue weighted by Gasteiger charge is -2.11. The normalized spacial score (nSPS) is 10.5. The van der Waals surface area contributed by atoms with E-state index in [1.807, 2.05) is 0 Å². The molecule has 0 atom stereocenters. The molecule has 1 amide bonds. The average molecular weight is 295 g/mol. The van der Waals surface area contributed by atoms with Crippen LogP contribution in [0.4, 0.5) is 18.9 Å². The van der Waals surface area contributed by atoms with Crippen LogP contribution in [-0.4, -0.2) is 11.0 Å². The largest absolute Gasteiger partial charge is 0.508 e. The number of anilines is 1. The first-order valence-electron chi connectivity index (χ1n) is 6.06. The summed E-state index contributed by atoms with van der Waals surface area (Å²) < 4.78 is 39.5. The number of aromatic hydroxyl groups is 1. The van der Waals surface area contributed by atoms with Gasteiger partial charge in [-0.05, 0) is 49.2 Å². The summed E-state index contributed by atoms with van der Waals surface area (Å²) in [6.45, 7) is 3.26. The van der Waals surface area contributed by atoms with Gasteiger partial charge in [0.15, 0.2) is 17.5 Å². The molecule has 0 unspecified atom stereocenters. The summed E-state index contributed by atoms with van der Waals surface area (Å²) in [5, 5.41) is 11.9. The molecule has 0 saturated carbocycles. The van der Waals surface area contributed by atoms with E-state index in [2.05, 4.69) is 5.32 Å². The Bertz CT molecular complexity index is 729. The smallest absolute Gasteiger partial charge is 0.258 e. The molecule has 0 aliphatic rings. The molecule has 6 heteroatoms. The number of phenols is 1. The van der Waals surface area contributed by atoms with Crippen LogP contribution in [0.2, 0.25) is 0 Å². The van der Waals surface area contributed by atoms with Crippen molar-refractivity contribution in [3.63, 3.8) is 0 Å². The van der Waals surface area contributed by atoms with Gasteiger partial charge in [0.25, 0.3) is 5.91 Å². The maximum atomic E-state index is 13.5. The third-order valence-electron chi connectivity index (χ3n) is 3.07. The van der Waals surface area contributed by atoms with Gasteiger partial charge >= 0.3 is 0 Å². The van der Waals surface area contributed by atoms with E-state index in [1.54, 1.807) is 13.8 Å². The van der Waals surface area contributed by atoms with Crippen LogP contribution in [0.25, 0.3) is 0 Å². The van der Waals surface area contributed by atoms with E-state index in [-0.39, 0.29) is 5.75 Å². The van der Waals surface area contributed by atoms with Gasteiger partial charge < -0.3 is 10.4 Å². The van der Waals surface area contributed by atoms with Gasteiger partial charge in [-0.1, -0.05) is 0 Å². The van der Waals surface area contributed by atoms with E-state index in [0.29, 0.717) is 22.9 Å².